The van der Waals surface area contributed by atoms with E-state index in [1.165, 1.54) is 34.8 Å². The van der Waals surface area contributed by atoms with Crippen LogP contribution in [0.1, 0.15) is 32.6 Å². The predicted octanol–water partition coefficient (Wildman–Crippen LogP) is 4.37. The SMILES string of the molecule is CCN1CCc2c(sc(NC(=O)c3cc4cc([N+](=O)[O-])ccc4s3)c2C#N)C1. The molecule has 9 heteroatoms. The molecular weight excluding hydrogens is 396 g/mol. The Morgan fingerprint density at radius 2 is 2.21 bits per heavy atom. The van der Waals surface area contributed by atoms with E-state index in [1.54, 1.807) is 12.1 Å². The van der Waals surface area contributed by atoms with Gasteiger partial charge in [0.2, 0.25) is 0 Å². The van der Waals surface area contributed by atoms with Gasteiger partial charge in [-0.05, 0) is 30.7 Å². The van der Waals surface area contributed by atoms with Crippen molar-refractivity contribution in [2.24, 2.45) is 0 Å². The summed E-state index contributed by atoms with van der Waals surface area (Å²) in [4.78, 5) is 27.1. The van der Waals surface area contributed by atoms with Crippen molar-refractivity contribution in [3.63, 3.8) is 0 Å². The number of nitrogens with zero attached hydrogens (tertiary/aromatic N) is 3. The largest absolute Gasteiger partial charge is 0.312 e. The number of carbonyl (C=O) groups is 1. The molecule has 0 atom stereocenters. The van der Waals surface area contributed by atoms with E-state index in [4.69, 9.17) is 0 Å². The maximum Gasteiger partial charge on any atom is 0.270 e. The van der Waals surface area contributed by atoms with Crippen LogP contribution in [-0.4, -0.2) is 28.8 Å². The Hall–Kier alpha value is -2.80. The molecular formula is C19H16N4O3S2. The third kappa shape index (κ3) is 3.26. The number of thiophene rings is 2. The summed E-state index contributed by atoms with van der Waals surface area (Å²) in [6.45, 7) is 4.78. The van der Waals surface area contributed by atoms with E-state index in [1.807, 2.05) is 0 Å². The minimum atomic E-state index is -0.453. The molecule has 3 heterocycles. The van der Waals surface area contributed by atoms with Crippen LogP contribution in [0.4, 0.5) is 10.7 Å². The Morgan fingerprint density at radius 1 is 1.39 bits per heavy atom. The quantitative estimate of drug-likeness (QED) is 0.507. The van der Waals surface area contributed by atoms with Gasteiger partial charge in [-0.15, -0.1) is 22.7 Å². The minimum Gasteiger partial charge on any atom is -0.312 e. The van der Waals surface area contributed by atoms with Crippen LogP contribution in [0.3, 0.4) is 0 Å². The van der Waals surface area contributed by atoms with Gasteiger partial charge in [0.15, 0.2) is 0 Å². The molecule has 7 nitrogen and oxygen atoms in total. The third-order valence-electron chi connectivity index (χ3n) is 4.86. The van der Waals surface area contributed by atoms with Gasteiger partial charge in [-0.1, -0.05) is 6.92 Å². The lowest BCUT2D eigenvalue weighted by molar-refractivity contribution is -0.384. The molecule has 3 aromatic rings. The molecule has 1 N–H and O–H groups in total. The van der Waals surface area contributed by atoms with Crippen LogP contribution in [0.25, 0.3) is 10.1 Å². The summed E-state index contributed by atoms with van der Waals surface area (Å²) in [5.74, 6) is -0.300. The van der Waals surface area contributed by atoms with Crippen LogP contribution in [0.2, 0.25) is 0 Å². The van der Waals surface area contributed by atoms with Crippen molar-refractivity contribution in [1.82, 2.24) is 4.90 Å². The van der Waals surface area contributed by atoms with E-state index in [-0.39, 0.29) is 11.6 Å². The first-order valence-corrected chi connectivity index (χ1v) is 10.4. The maximum absolute atomic E-state index is 12.8. The topological polar surface area (TPSA) is 99.3 Å². The molecule has 28 heavy (non-hydrogen) atoms. The molecule has 4 rings (SSSR count). The Bertz CT molecular complexity index is 1140. The Morgan fingerprint density at radius 3 is 2.93 bits per heavy atom. The van der Waals surface area contributed by atoms with Gasteiger partial charge in [-0.2, -0.15) is 5.26 Å². The molecule has 0 radical (unpaired) electrons. The maximum atomic E-state index is 12.8. The first kappa shape index (κ1) is 18.6. The monoisotopic (exact) mass is 412 g/mol. The number of amides is 1. The highest BCUT2D eigenvalue weighted by molar-refractivity contribution is 7.21. The highest BCUT2D eigenvalue weighted by atomic mass is 32.1. The number of nitro groups is 1. The fourth-order valence-electron chi connectivity index (χ4n) is 3.35. The van der Waals surface area contributed by atoms with E-state index in [9.17, 15) is 20.2 Å². The van der Waals surface area contributed by atoms with Gasteiger partial charge in [0.1, 0.15) is 11.1 Å². The molecule has 0 bridgehead atoms. The van der Waals surface area contributed by atoms with Gasteiger partial charge in [-0.25, -0.2) is 0 Å². The number of benzene rings is 1. The van der Waals surface area contributed by atoms with Crippen molar-refractivity contribution in [2.45, 2.75) is 19.9 Å². The van der Waals surface area contributed by atoms with E-state index < -0.39 is 4.92 Å². The number of carbonyl (C=O) groups excluding carboxylic acids is 1. The van der Waals surface area contributed by atoms with Crippen molar-refractivity contribution in [3.05, 3.63) is 55.3 Å². The summed E-state index contributed by atoms with van der Waals surface area (Å²) in [6.07, 6.45) is 0.811. The van der Waals surface area contributed by atoms with Crippen LogP contribution in [0, 0.1) is 21.4 Å². The van der Waals surface area contributed by atoms with Gasteiger partial charge in [0.25, 0.3) is 11.6 Å². The average molecular weight is 412 g/mol. The third-order valence-corrected chi connectivity index (χ3v) is 7.10. The van der Waals surface area contributed by atoms with Crippen molar-refractivity contribution in [2.75, 3.05) is 18.4 Å². The second-order valence-corrected chi connectivity index (χ2v) is 8.67. The van der Waals surface area contributed by atoms with Crippen LogP contribution >= 0.6 is 22.7 Å². The number of nitro benzene ring substituents is 1. The average Bonchev–Trinajstić information content (AvgIpc) is 3.27. The zero-order chi connectivity index (χ0) is 19.8. The first-order chi connectivity index (χ1) is 13.5. The van der Waals surface area contributed by atoms with Crippen molar-refractivity contribution in [1.29, 1.82) is 5.26 Å². The normalized spacial score (nSPS) is 13.9. The zero-order valence-corrected chi connectivity index (χ0v) is 16.7. The predicted molar refractivity (Wildman–Crippen MR) is 110 cm³/mol. The van der Waals surface area contributed by atoms with Crippen LogP contribution in [0.15, 0.2) is 24.3 Å². The molecule has 1 aromatic carbocycles. The summed E-state index contributed by atoms with van der Waals surface area (Å²) < 4.78 is 0.806. The summed E-state index contributed by atoms with van der Waals surface area (Å²) in [5.41, 5.74) is 1.59. The molecule has 0 saturated carbocycles. The first-order valence-electron chi connectivity index (χ1n) is 8.76. The van der Waals surface area contributed by atoms with Crippen molar-refractivity contribution < 1.29 is 9.72 Å². The smallest absolute Gasteiger partial charge is 0.270 e. The number of nitriles is 1. The Labute approximate surface area is 169 Å². The molecule has 0 saturated heterocycles. The van der Waals surface area contributed by atoms with Crippen LogP contribution in [-0.2, 0) is 13.0 Å². The number of nitrogens with one attached hydrogen (secondary N) is 1. The van der Waals surface area contributed by atoms with Gasteiger partial charge in [0.05, 0.1) is 15.4 Å². The Balaban J connectivity index is 1.62. The molecule has 1 amide bonds. The van der Waals surface area contributed by atoms with E-state index >= 15 is 0 Å². The van der Waals surface area contributed by atoms with Crippen molar-refractivity contribution in [3.8, 4) is 6.07 Å². The molecule has 1 aliphatic heterocycles. The fourth-order valence-corrected chi connectivity index (χ4v) is 5.53. The lowest BCUT2D eigenvalue weighted by Gasteiger charge is -2.24. The van der Waals surface area contributed by atoms with Gasteiger partial charge in [-0.3, -0.25) is 19.8 Å². The summed E-state index contributed by atoms with van der Waals surface area (Å²) >= 11 is 2.74. The number of anilines is 1. The van der Waals surface area contributed by atoms with E-state index in [0.717, 1.165) is 41.2 Å². The van der Waals surface area contributed by atoms with Crippen molar-refractivity contribution >= 4 is 49.4 Å². The van der Waals surface area contributed by atoms with Gasteiger partial charge < -0.3 is 5.32 Å². The number of hydrogen-bond donors (Lipinski definition) is 1. The summed E-state index contributed by atoms with van der Waals surface area (Å²) in [7, 11) is 0. The molecule has 0 unspecified atom stereocenters. The summed E-state index contributed by atoms with van der Waals surface area (Å²) in [5, 5.41) is 24.7. The highest BCUT2D eigenvalue weighted by Gasteiger charge is 2.25. The zero-order valence-electron chi connectivity index (χ0n) is 15.0. The minimum absolute atomic E-state index is 0.00423. The standard InChI is InChI=1S/C19H16N4O3S2/c1-2-22-6-5-13-14(9-20)19(28-17(13)10-22)21-18(24)16-8-11-7-12(23(25)26)3-4-15(11)27-16/h3-4,7-8H,2,5-6,10H2,1H3,(H,21,24). The number of likely N-dealkylation sites (N-methyl/N-ethyl adjacent to an activating group) is 1. The molecule has 142 valence electrons. The number of non-ortho nitro benzene ring substituents is 1. The van der Waals surface area contributed by atoms with Crippen LogP contribution in [0.5, 0.6) is 0 Å². The van der Waals surface area contributed by atoms with E-state index in [2.05, 4.69) is 23.2 Å². The number of fused-ring (bicyclic) bond motifs is 2. The Kier molecular flexibility index (Phi) is 4.85. The lowest BCUT2D eigenvalue weighted by Crippen LogP contribution is -2.29. The highest BCUT2D eigenvalue weighted by Crippen LogP contribution is 2.37. The van der Waals surface area contributed by atoms with Gasteiger partial charge in [0, 0.05) is 40.2 Å². The molecule has 1 aliphatic rings. The van der Waals surface area contributed by atoms with Gasteiger partial charge >= 0.3 is 0 Å². The number of hydrogen-bond acceptors (Lipinski definition) is 7. The molecule has 2 aromatic heterocycles. The molecule has 0 aliphatic carbocycles. The summed E-state index contributed by atoms with van der Waals surface area (Å²) in [6, 6.07) is 8.45. The fraction of sp³-hybridized carbons (Fsp3) is 0.263. The lowest BCUT2D eigenvalue weighted by atomic mass is 10.0. The molecule has 0 fully saturated rings. The van der Waals surface area contributed by atoms with Crippen LogP contribution < -0.4 is 5.32 Å². The van der Waals surface area contributed by atoms with E-state index in [0.29, 0.717) is 20.8 Å². The number of rotatable bonds is 4. The molecule has 0 spiro atoms. The second-order valence-electron chi connectivity index (χ2n) is 6.48. The second kappa shape index (κ2) is 7.31.